The van der Waals surface area contributed by atoms with E-state index in [4.69, 9.17) is 14.5 Å². The molecule has 1 aliphatic carbocycles. The highest BCUT2D eigenvalue weighted by Gasteiger charge is 2.29. The van der Waals surface area contributed by atoms with E-state index < -0.39 is 0 Å². The van der Waals surface area contributed by atoms with Gasteiger partial charge in [0.05, 0.1) is 17.7 Å². The lowest BCUT2D eigenvalue weighted by Crippen LogP contribution is -2.49. The minimum absolute atomic E-state index is 0.0790. The predicted octanol–water partition coefficient (Wildman–Crippen LogP) is 4.05. The summed E-state index contributed by atoms with van der Waals surface area (Å²) in [6.45, 7) is 11.0. The third-order valence-electron chi connectivity index (χ3n) is 7.47. The molecule has 1 atom stereocenters. The van der Waals surface area contributed by atoms with Crippen molar-refractivity contribution >= 4 is 22.8 Å². The normalized spacial score (nSPS) is 22.1. The number of piperazine rings is 1. The van der Waals surface area contributed by atoms with Gasteiger partial charge < -0.3 is 24.6 Å². The molecular weight excluding hydrogens is 428 g/mol. The number of carbonyl (C=O) groups is 1. The molecule has 0 saturated carbocycles. The number of hydrogen-bond donors (Lipinski definition) is 1. The fourth-order valence-electron chi connectivity index (χ4n) is 5.66. The number of amides is 1. The van der Waals surface area contributed by atoms with Gasteiger partial charge in [0.15, 0.2) is 0 Å². The Bertz CT molecular complexity index is 1050. The number of pyridine rings is 1. The molecule has 3 aliphatic rings. The number of nitrogens with zero attached hydrogens (tertiary/aromatic N) is 3. The van der Waals surface area contributed by atoms with E-state index in [0.717, 1.165) is 56.8 Å². The van der Waals surface area contributed by atoms with Crippen molar-refractivity contribution in [2.75, 3.05) is 44.3 Å². The van der Waals surface area contributed by atoms with Crippen molar-refractivity contribution in [3.05, 3.63) is 34.9 Å². The molecule has 2 aliphatic heterocycles. The van der Waals surface area contributed by atoms with Gasteiger partial charge in [0, 0.05) is 56.3 Å². The predicted molar refractivity (Wildman–Crippen MR) is 134 cm³/mol. The molecule has 2 aromatic rings. The first-order valence-corrected chi connectivity index (χ1v) is 12.9. The van der Waals surface area contributed by atoms with Crippen LogP contribution in [0.15, 0.2) is 18.2 Å². The summed E-state index contributed by atoms with van der Waals surface area (Å²) >= 11 is 0. The summed E-state index contributed by atoms with van der Waals surface area (Å²) in [5, 5.41) is 5.04. The first kappa shape index (κ1) is 23.4. The van der Waals surface area contributed by atoms with Crippen LogP contribution < -0.4 is 10.2 Å². The summed E-state index contributed by atoms with van der Waals surface area (Å²) in [5.41, 5.74) is 5.17. The largest absolute Gasteiger partial charge is 0.450 e. The van der Waals surface area contributed by atoms with E-state index >= 15 is 0 Å². The maximum absolute atomic E-state index is 12.2. The first-order chi connectivity index (χ1) is 16.4. The van der Waals surface area contributed by atoms with Crippen LogP contribution in [0, 0.1) is 0 Å². The number of aromatic nitrogens is 1. The van der Waals surface area contributed by atoms with Crippen LogP contribution >= 0.6 is 0 Å². The molecule has 0 radical (unpaired) electrons. The van der Waals surface area contributed by atoms with Crippen molar-refractivity contribution < 1.29 is 14.3 Å². The van der Waals surface area contributed by atoms with Crippen molar-refractivity contribution in [2.24, 2.45) is 0 Å². The van der Waals surface area contributed by atoms with Gasteiger partial charge in [-0.2, -0.15) is 0 Å². The second kappa shape index (κ2) is 9.70. The minimum atomic E-state index is -0.215. The lowest BCUT2D eigenvalue weighted by Gasteiger charge is -2.37. The number of hydrogen-bond acceptors (Lipinski definition) is 6. The third kappa shape index (κ3) is 5.01. The minimum Gasteiger partial charge on any atom is -0.450 e. The summed E-state index contributed by atoms with van der Waals surface area (Å²) in [6, 6.07) is 7.43. The smallest absolute Gasteiger partial charge is 0.409 e. The van der Waals surface area contributed by atoms with E-state index in [0.29, 0.717) is 25.7 Å². The van der Waals surface area contributed by atoms with Crippen molar-refractivity contribution in [1.82, 2.24) is 15.2 Å². The van der Waals surface area contributed by atoms with Gasteiger partial charge in [0.25, 0.3) is 0 Å². The molecule has 184 valence electrons. The Morgan fingerprint density at radius 2 is 1.94 bits per heavy atom. The van der Waals surface area contributed by atoms with Gasteiger partial charge in [0.1, 0.15) is 5.82 Å². The third-order valence-corrected chi connectivity index (χ3v) is 7.47. The highest BCUT2D eigenvalue weighted by molar-refractivity contribution is 5.84. The number of aryl methyl sites for hydroxylation is 2. The lowest BCUT2D eigenvalue weighted by atomic mass is 9.94. The second-order valence-electron chi connectivity index (χ2n) is 10.5. The molecular formula is C27H38N4O3. The van der Waals surface area contributed by atoms with Crippen molar-refractivity contribution in [3.8, 4) is 0 Å². The molecule has 7 heteroatoms. The Morgan fingerprint density at radius 1 is 1.18 bits per heavy atom. The highest BCUT2D eigenvalue weighted by Crippen LogP contribution is 2.31. The number of rotatable bonds is 5. The zero-order chi connectivity index (χ0) is 23.7. The van der Waals surface area contributed by atoms with Gasteiger partial charge in [-0.25, -0.2) is 9.78 Å². The van der Waals surface area contributed by atoms with Crippen LogP contribution in [0.25, 0.3) is 10.9 Å². The van der Waals surface area contributed by atoms with Crippen molar-refractivity contribution in [3.63, 3.8) is 0 Å². The summed E-state index contributed by atoms with van der Waals surface area (Å²) < 4.78 is 11.1. The quantitative estimate of drug-likeness (QED) is 0.717. The van der Waals surface area contributed by atoms with Gasteiger partial charge in [-0.3, -0.25) is 0 Å². The summed E-state index contributed by atoms with van der Waals surface area (Å²) in [7, 11) is 0. The molecule has 3 heterocycles. The van der Waals surface area contributed by atoms with Crippen LogP contribution in [0.5, 0.6) is 0 Å². The summed E-state index contributed by atoms with van der Waals surface area (Å²) in [4.78, 5) is 21.5. The Hall–Kier alpha value is -2.38. The standard InChI is InChI=1S/C27H38N4O3/c1-4-33-26(32)31-11-9-30(10-12-31)25-22(18-28-23-8-13-34-27(2,3)17-23)15-21-14-19-6-5-7-20(19)16-24(21)29-25/h14-16,23,28H,4-13,17-18H2,1-3H3/t23-/m0/s1. The summed E-state index contributed by atoms with van der Waals surface area (Å²) in [5.74, 6) is 1.05. The molecule has 0 bridgehead atoms. The van der Waals surface area contributed by atoms with E-state index in [1.54, 1.807) is 4.90 Å². The molecule has 1 amide bonds. The molecule has 0 spiro atoms. The Kier molecular flexibility index (Phi) is 6.67. The molecule has 0 unspecified atom stereocenters. The molecule has 34 heavy (non-hydrogen) atoms. The van der Waals surface area contributed by atoms with Crippen molar-refractivity contribution in [2.45, 2.75) is 71.1 Å². The first-order valence-electron chi connectivity index (χ1n) is 12.9. The van der Waals surface area contributed by atoms with Gasteiger partial charge in [-0.05, 0) is 82.2 Å². The molecule has 5 rings (SSSR count). The molecule has 7 nitrogen and oxygen atoms in total. The zero-order valence-electron chi connectivity index (χ0n) is 20.9. The van der Waals surface area contributed by atoms with Crippen LogP contribution in [0.1, 0.15) is 56.7 Å². The molecule has 1 N–H and O–H groups in total. The lowest BCUT2D eigenvalue weighted by molar-refractivity contribution is -0.0630. The monoisotopic (exact) mass is 466 g/mol. The summed E-state index contributed by atoms with van der Waals surface area (Å²) in [6.07, 6.45) is 5.40. The second-order valence-corrected chi connectivity index (χ2v) is 10.5. The zero-order valence-corrected chi connectivity index (χ0v) is 20.9. The number of benzene rings is 1. The fraction of sp³-hybridized carbons (Fsp3) is 0.630. The SMILES string of the molecule is CCOC(=O)N1CCN(c2nc3cc4c(cc3cc2CN[C@H]2CCOC(C)(C)C2)CCC4)CC1. The van der Waals surface area contributed by atoms with E-state index in [1.807, 2.05) is 6.92 Å². The number of carbonyl (C=O) groups excluding carboxylic acids is 1. The number of nitrogens with one attached hydrogen (secondary N) is 1. The van der Waals surface area contributed by atoms with Crippen LogP contribution in [0.4, 0.5) is 10.6 Å². The topological polar surface area (TPSA) is 66.9 Å². The van der Waals surface area contributed by atoms with E-state index in [-0.39, 0.29) is 11.7 Å². The molecule has 1 aromatic carbocycles. The van der Waals surface area contributed by atoms with Crippen LogP contribution in [0.3, 0.4) is 0 Å². The van der Waals surface area contributed by atoms with E-state index in [1.165, 1.54) is 34.9 Å². The fourth-order valence-corrected chi connectivity index (χ4v) is 5.66. The number of ether oxygens (including phenoxy) is 2. The maximum Gasteiger partial charge on any atom is 0.409 e. The van der Waals surface area contributed by atoms with Gasteiger partial charge in [-0.15, -0.1) is 0 Å². The maximum atomic E-state index is 12.2. The molecule has 2 fully saturated rings. The van der Waals surface area contributed by atoms with Crippen molar-refractivity contribution in [1.29, 1.82) is 0 Å². The number of fused-ring (bicyclic) bond motifs is 2. The Morgan fingerprint density at radius 3 is 2.68 bits per heavy atom. The van der Waals surface area contributed by atoms with Crippen LogP contribution in [-0.2, 0) is 28.9 Å². The Labute approximate surface area is 202 Å². The number of anilines is 1. The van der Waals surface area contributed by atoms with Gasteiger partial charge in [-0.1, -0.05) is 0 Å². The van der Waals surface area contributed by atoms with Crippen LogP contribution in [-0.4, -0.2) is 67.0 Å². The average molecular weight is 467 g/mol. The average Bonchev–Trinajstić information content (AvgIpc) is 3.27. The van der Waals surface area contributed by atoms with Gasteiger partial charge in [0.2, 0.25) is 0 Å². The molecule has 2 saturated heterocycles. The van der Waals surface area contributed by atoms with E-state index in [9.17, 15) is 4.79 Å². The Balaban J connectivity index is 1.39. The van der Waals surface area contributed by atoms with E-state index in [2.05, 4.69) is 42.3 Å². The highest BCUT2D eigenvalue weighted by atomic mass is 16.6. The van der Waals surface area contributed by atoms with Gasteiger partial charge >= 0.3 is 6.09 Å². The molecule has 1 aromatic heterocycles. The van der Waals surface area contributed by atoms with Crippen LogP contribution in [0.2, 0.25) is 0 Å².